The van der Waals surface area contributed by atoms with Gasteiger partial charge < -0.3 is 9.84 Å². The van der Waals surface area contributed by atoms with Crippen LogP contribution < -0.4 is 0 Å². The number of hydrogen-bond donors (Lipinski definition) is 1. The van der Waals surface area contributed by atoms with Crippen LogP contribution in [0.15, 0.2) is 0 Å². The van der Waals surface area contributed by atoms with Crippen molar-refractivity contribution in [1.29, 1.82) is 0 Å². The first-order valence-corrected chi connectivity index (χ1v) is 6.33. The maximum Gasteiger partial charge on any atom is 0.506 e. The first kappa shape index (κ1) is 12.7. The molecule has 0 aliphatic rings. The van der Waals surface area contributed by atoms with Crippen LogP contribution in [0.3, 0.4) is 0 Å². The van der Waals surface area contributed by atoms with E-state index in [-0.39, 0.29) is 9.53 Å². The fourth-order valence-corrected chi connectivity index (χ4v) is 3.21. The minimum Gasteiger partial charge on any atom is -0.450 e. The predicted molar refractivity (Wildman–Crippen MR) is 64.2 cm³/mol. The summed E-state index contributed by atoms with van der Waals surface area (Å²) in [4.78, 5) is 10.3. The lowest BCUT2D eigenvalue weighted by molar-refractivity contribution is 0.0488. The Labute approximate surface area is 99.5 Å². The van der Waals surface area contributed by atoms with Gasteiger partial charge in [-0.1, -0.05) is 36.4 Å². The third kappa shape index (κ3) is 3.63. The van der Waals surface area contributed by atoms with Crippen LogP contribution in [-0.2, 0) is 4.74 Å². The summed E-state index contributed by atoms with van der Waals surface area (Å²) in [7, 11) is 0. The number of ether oxygens (including phenoxy) is 1. The second-order valence-corrected chi connectivity index (χ2v) is 4.74. The molecule has 0 saturated carbocycles. The fourth-order valence-electron chi connectivity index (χ4n) is 0.546. The van der Waals surface area contributed by atoms with Crippen LogP contribution in [0.2, 0.25) is 0 Å². The molecule has 0 fully saturated rings. The number of carboxylic acid groups (broad SMARTS) is 1. The van der Waals surface area contributed by atoms with Crippen LogP contribution in [0.25, 0.3) is 0 Å². The zero-order chi connectivity index (χ0) is 9.78. The van der Waals surface area contributed by atoms with Crippen molar-refractivity contribution in [2.75, 3.05) is 4.43 Å². The molecular weight excluding hydrogens is 386 g/mol. The summed E-state index contributed by atoms with van der Waals surface area (Å²) >= 11 is 4.28. The van der Waals surface area contributed by atoms with Crippen molar-refractivity contribution in [2.45, 2.75) is 24.4 Å². The summed E-state index contributed by atoms with van der Waals surface area (Å²) in [6.07, 6.45) is -0.282. The third-order valence-electron chi connectivity index (χ3n) is 1.87. The van der Waals surface area contributed by atoms with Crippen molar-refractivity contribution in [3.63, 3.8) is 0 Å². The van der Waals surface area contributed by atoms with Gasteiger partial charge in [-0.15, -0.1) is 0 Å². The lowest BCUT2D eigenvalue weighted by Gasteiger charge is -2.29. The van der Waals surface area contributed by atoms with Crippen molar-refractivity contribution >= 4 is 51.3 Å². The molecule has 0 aromatic rings. The normalized spacial score (nSPS) is 18.0. The molecule has 0 rings (SSSR count). The van der Waals surface area contributed by atoms with Gasteiger partial charge in [0.25, 0.3) is 0 Å². The molecule has 0 aromatic carbocycles. The van der Waals surface area contributed by atoms with Crippen molar-refractivity contribution in [1.82, 2.24) is 0 Å². The van der Waals surface area contributed by atoms with E-state index in [1.54, 1.807) is 0 Å². The van der Waals surface area contributed by atoms with E-state index in [2.05, 4.69) is 22.6 Å². The summed E-state index contributed by atoms with van der Waals surface area (Å²) < 4.78 is 5.32. The second-order valence-electron chi connectivity index (χ2n) is 2.84. The van der Waals surface area contributed by atoms with Gasteiger partial charge in [0.2, 0.25) is 0 Å². The van der Waals surface area contributed by atoms with Gasteiger partial charge in [0, 0.05) is 9.84 Å². The van der Waals surface area contributed by atoms with Gasteiger partial charge in [-0.3, -0.25) is 0 Å². The molecule has 0 spiro atoms. The topological polar surface area (TPSA) is 46.5 Å². The summed E-state index contributed by atoms with van der Waals surface area (Å²) in [5.41, 5.74) is -0.0560. The van der Waals surface area contributed by atoms with Gasteiger partial charge in [0.05, 0.1) is 0 Å². The SMILES string of the molecule is CCC(C)(CI)[C@H](I)OC(=O)O. The van der Waals surface area contributed by atoms with Crippen LogP contribution >= 0.6 is 45.2 Å². The smallest absolute Gasteiger partial charge is 0.450 e. The Hall–Kier alpha value is 0.730. The average Bonchev–Trinajstić information content (AvgIpc) is 2.02. The van der Waals surface area contributed by atoms with Gasteiger partial charge in [-0.05, 0) is 29.0 Å². The van der Waals surface area contributed by atoms with Gasteiger partial charge in [0.15, 0.2) is 4.11 Å². The predicted octanol–water partition coefficient (Wildman–Crippen LogP) is 3.29. The minimum absolute atomic E-state index is 0.0560. The number of rotatable bonds is 4. The van der Waals surface area contributed by atoms with Crippen LogP contribution in [0.5, 0.6) is 0 Å². The van der Waals surface area contributed by atoms with E-state index in [4.69, 9.17) is 9.84 Å². The Morgan fingerprint density at radius 1 is 1.75 bits per heavy atom. The minimum atomic E-state index is -1.20. The lowest BCUT2D eigenvalue weighted by atomic mass is 9.92. The molecule has 0 bridgehead atoms. The Balaban J connectivity index is 4.20. The highest BCUT2D eigenvalue weighted by molar-refractivity contribution is 14.1. The van der Waals surface area contributed by atoms with E-state index in [9.17, 15) is 4.79 Å². The molecule has 0 aliphatic heterocycles. The average molecular weight is 398 g/mol. The van der Waals surface area contributed by atoms with Crippen molar-refractivity contribution in [2.24, 2.45) is 5.41 Å². The Morgan fingerprint density at radius 2 is 2.25 bits per heavy atom. The van der Waals surface area contributed by atoms with E-state index in [0.29, 0.717) is 0 Å². The highest BCUT2D eigenvalue weighted by Crippen LogP contribution is 2.34. The number of carbonyl (C=O) groups is 1. The van der Waals surface area contributed by atoms with Crippen molar-refractivity contribution in [3.8, 4) is 0 Å². The summed E-state index contributed by atoms with van der Waals surface area (Å²) in [5, 5.41) is 8.41. The Bertz CT molecular complexity index is 157. The fraction of sp³-hybridized carbons (Fsp3) is 0.857. The standard InChI is InChI=1S/C7H12I2O3/c1-3-7(2,4-8)5(9)12-6(10)11/h5H,3-4H2,1-2H3,(H,10,11)/t5-,7?/m1/s1. The molecule has 3 nitrogen and oxygen atoms in total. The molecule has 5 heteroatoms. The third-order valence-corrected chi connectivity index (χ3v) is 5.37. The van der Waals surface area contributed by atoms with Gasteiger partial charge in [0.1, 0.15) is 0 Å². The van der Waals surface area contributed by atoms with E-state index < -0.39 is 6.16 Å². The van der Waals surface area contributed by atoms with Crippen molar-refractivity contribution in [3.05, 3.63) is 0 Å². The molecule has 72 valence electrons. The molecule has 1 unspecified atom stereocenters. The molecule has 0 radical (unpaired) electrons. The number of alkyl halides is 2. The molecule has 0 aliphatic carbocycles. The highest BCUT2D eigenvalue weighted by Gasteiger charge is 2.32. The number of halogens is 2. The lowest BCUT2D eigenvalue weighted by Crippen LogP contribution is -2.32. The molecule has 0 saturated heterocycles. The molecule has 0 heterocycles. The molecule has 12 heavy (non-hydrogen) atoms. The molecule has 0 aromatic heterocycles. The number of hydrogen-bond acceptors (Lipinski definition) is 2. The van der Waals surface area contributed by atoms with Crippen LogP contribution in [0.4, 0.5) is 4.79 Å². The van der Waals surface area contributed by atoms with E-state index in [0.717, 1.165) is 10.8 Å². The Morgan fingerprint density at radius 3 is 2.50 bits per heavy atom. The van der Waals surface area contributed by atoms with E-state index >= 15 is 0 Å². The maximum atomic E-state index is 10.3. The maximum absolute atomic E-state index is 10.3. The summed E-state index contributed by atoms with van der Waals surface area (Å²) in [6, 6.07) is 0. The van der Waals surface area contributed by atoms with Crippen LogP contribution in [0.1, 0.15) is 20.3 Å². The first-order valence-electron chi connectivity index (χ1n) is 3.56. The van der Waals surface area contributed by atoms with E-state index in [1.165, 1.54) is 0 Å². The van der Waals surface area contributed by atoms with Crippen molar-refractivity contribution < 1.29 is 14.6 Å². The van der Waals surface area contributed by atoms with Crippen LogP contribution in [0, 0.1) is 5.41 Å². The monoisotopic (exact) mass is 398 g/mol. The summed E-state index contributed by atoms with van der Waals surface area (Å²) in [5.74, 6) is 0. The zero-order valence-corrected chi connectivity index (χ0v) is 11.3. The molecular formula is C7H12I2O3. The van der Waals surface area contributed by atoms with Gasteiger partial charge in [-0.2, -0.15) is 0 Å². The quantitative estimate of drug-likeness (QED) is 0.450. The second kappa shape index (κ2) is 5.46. The zero-order valence-electron chi connectivity index (χ0n) is 7.01. The molecule has 0 amide bonds. The van der Waals surface area contributed by atoms with Crippen LogP contribution in [-0.4, -0.2) is 19.8 Å². The van der Waals surface area contributed by atoms with E-state index in [1.807, 2.05) is 36.4 Å². The highest BCUT2D eigenvalue weighted by atomic mass is 127. The Kier molecular flexibility index (Phi) is 5.79. The first-order chi connectivity index (χ1) is 5.46. The largest absolute Gasteiger partial charge is 0.506 e. The summed E-state index contributed by atoms with van der Waals surface area (Å²) in [6.45, 7) is 4.06. The molecule has 2 atom stereocenters. The van der Waals surface area contributed by atoms with Gasteiger partial charge >= 0.3 is 6.16 Å². The van der Waals surface area contributed by atoms with Gasteiger partial charge in [-0.25, -0.2) is 4.79 Å². The molecule has 1 N–H and O–H groups in total.